The Labute approximate surface area is 230 Å². The largest absolute Gasteiger partial charge is 0.496 e. The van der Waals surface area contributed by atoms with Gasteiger partial charge >= 0.3 is 23.9 Å². The molecule has 2 rings (SSSR count). The fraction of sp³-hybridized carbons (Fsp3) is 0.542. The SMILES string of the molecule is COc1ccc(N=C=S)cc1C(C(=O)O)N1CCN(CC(=O)O)CCN(CC(=O)O)CCN(CC(=O)O)CC1. The maximum absolute atomic E-state index is 12.6. The molecule has 0 spiro atoms. The molecule has 1 saturated heterocycles. The summed E-state index contributed by atoms with van der Waals surface area (Å²) in [4.78, 5) is 57.4. The van der Waals surface area contributed by atoms with E-state index in [1.165, 1.54) is 13.2 Å². The van der Waals surface area contributed by atoms with E-state index in [0.717, 1.165) is 0 Å². The number of hydrogen-bond donors (Lipinski definition) is 4. The van der Waals surface area contributed by atoms with Gasteiger partial charge in [0.25, 0.3) is 0 Å². The van der Waals surface area contributed by atoms with Crippen LogP contribution in [0.25, 0.3) is 0 Å². The summed E-state index contributed by atoms with van der Waals surface area (Å²) < 4.78 is 5.42. The van der Waals surface area contributed by atoms with Crippen LogP contribution in [0.1, 0.15) is 11.6 Å². The normalized spacial score (nSPS) is 17.7. The van der Waals surface area contributed by atoms with E-state index in [4.69, 9.17) is 4.74 Å². The van der Waals surface area contributed by atoms with Crippen LogP contribution in [0.3, 0.4) is 0 Å². The molecular weight excluding hydrogens is 534 g/mol. The van der Waals surface area contributed by atoms with Crippen molar-refractivity contribution >= 4 is 46.9 Å². The molecule has 214 valence electrons. The molecule has 1 fully saturated rings. The van der Waals surface area contributed by atoms with E-state index >= 15 is 0 Å². The smallest absolute Gasteiger partial charge is 0.325 e. The van der Waals surface area contributed by atoms with Gasteiger partial charge in [-0.15, -0.1) is 0 Å². The number of nitrogens with zero attached hydrogens (tertiary/aromatic N) is 5. The summed E-state index contributed by atoms with van der Waals surface area (Å²) in [6, 6.07) is 3.46. The lowest BCUT2D eigenvalue weighted by Crippen LogP contribution is -2.49. The van der Waals surface area contributed by atoms with Crippen LogP contribution in [0.2, 0.25) is 0 Å². The van der Waals surface area contributed by atoms with E-state index < -0.39 is 29.9 Å². The molecule has 1 heterocycles. The molecule has 0 radical (unpaired) electrons. The van der Waals surface area contributed by atoms with Gasteiger partial charge in [0, 0.05) is 57.9 Å². The number of isothiocyanates is 1. The quantitative estimate of drug-likeness (QED) is 0.207. The average molecular weight is 568 g/mol. The first-order valence-corrected chi connectivity index (χ1v) is 12.5. The van der Waals surface area contributed by atoms with Crippen molar-refractivity contribution in [1.82, 2.24) is 19.6 Å². The number of methoxy groups -OCH3 is 1. The zero-order valence-corrected chi connectivity index (χ0v) is 22.4. The monoisotopic (exact) mass is 567 g/mol. The Hall–Kier alpha value is -3.46. The minimum Gasteiger partial charge on any atom is -0.496 e. The van der Waals surface area contributed by atoms with Gasteiger partial charge in [-0.05, 0) is 30.4 Å². The maximum Gasteiger partial charge on any atom is 0.325 e. The van der Waals surface area contributed by atoms with E-state index in [0.29, 0.717) is 17.0 Å². The van der Waals surface area contributed by atoms with Crippen molar-refractivity contribution in [2.45, 2.75) is 6.04 Å². The van der Waals surface area contributed by atoms with Gasteiger partial charge < -0.3 is 25.2 Å². The maximum atomic E-state index is 12.6. The summed E-state index contributed by atoms with van der Waals surface area (Å²) in [5, 5.41) is 40.7. The number of carboxylic acid groups (broad SMARTS) is 4. The highest BCUT2D eigenvalue weighted by Gasteiger charge is 2.32. The van der Waals surface area contributed by atoms with E-state index in [2.05, 4.69) is 22.4 Å². The highest BCUT2D eigenvalue weighted by Crippen LogP contribution is 2.33. The van der Waals surface area contributed by atoms with E-state index in [9.17, 15) is 39.6 Å². The Morgan fingerprint density at radius 2 is 1.28 bits per heavy atom. The van der Waals surface area contributed by atoms with Crippen molar-refractivity contribution < 1.29 is 44.3 Å². The number of carboxylic acids is 4. The van der Waals surface area contributed by atoms with Crippen molar-refractivity contribution in [2.75, 3.05) is 79.1 Å². The number of aliphatic imine (C=N–C) groups is 1. The third-order valence-corrected chi connectivity index (χ3v) is 6.32. The molecule has 1 unspecified atom stereocenters. The van der Waals surface area contributed by atoms with Crippen molar-refractivity contribution in [3.05, 3.63) is 23.8 Å². The van der Waals surface area contributed by atoms with Gasteiger partial charge in [0.15, 0.2) is 0 Å². The van der Waals surface area contributed by atoms with E-state index in [1.54, 1.807) is 31.7 Å². The molecule has 1 aliphatic rings. The predicted molar refractivity (Wildman–Crippen MR) is 142 cm³/mol. The molecule has 1 aromatic rings. The summed E-state index contributed by atoms with van der Waals surface area (Å²) in [6.07, 6.45) is 0. The highest BCUT2D eigenvalue weighted by atomic mass is 32.1. The second-order valence-corrected chi connectivity index (χ2v) is 9.10. The lowest BCUT2D eigenvalue weighted by molar-refractivity contribution is -0.145. The Kier molecular flexibility index (Phi) is 12.9. The lowest BCUT2D eigenvalue weighted by atomic mass is 10.0. The zero-order valence-electron chi connectivity index (χ0n) is 21.6. The molecule has 15 heteroatoms. The summed E-state index contributed by atoms with van der Waals surface area (Å²) >= 11 is 4.67. The average Bonchev–Trinajstić information content (AvgIpc) is 2.84. The zero-order chi connectivity index (χ0) is 28.9. The Balaban J connectivity index is 2.47. The van der Waals surface area contributed by atoms with Gasteiger partial charge in [-0.2, -0.15) is 4.99 Å². The van der Waals surface area contributed by atoms with Crippen LogP contribution >= 0.6 is 12.2 Å². The number of ether oxygens (including phenoxy) is 1. The molecule has 4 N–H and O–H groups in total. The number of rotatable bonds is 11. The van der Waals surface area contributed by atoms with Crippen LogP contribution in [-0.2, 0) is 19.2 Å². The standard InChI is InChI=1S/C24H33N5O9S/c1-38-19-3-2-17(25-16-39)12-18(19)23(24(36)37)29-10-8-27(14-21(32)33)6-4-26(13-20(30)31)5-7-28(9-11-29)15-22(34)35/h2-3,12,23H,4-11,13-15H2,1H3,(H,30,31)(H,32,33)(H,34,35)(H,36,37). The van der Waals surface area contributed by atoms with Gasteiger partial charge in [-0.1, -0.05) is 0 Å². The fourth-order valence-electron chi connectivity index (χ4n) is 4.40. The van der Waals surface area contributed by atoms with Crippen LogP contribution in [-0.4, -0.2) is 148 Å². The van der Waals surface area contributed by atoms with Crippen LogP contribution in [0.4, 0.5) is 5.69 Å². The van der Waals surface area contributed by atoms with Gasteiger partial charge in [0.1, 0.15) is 11.8 Å². The van der Waals surface area contributed by atoms with Crippen molar-refractivity contribution in [3.8, 4) is 5.75 Å². The summed E-state index contributed by atoms with van der Waals surface area (Å²) in [6.45, 7) is 0.532. The number of benzene rings is 1. The Bertz CT molecular complexity index is 1050. The fourth-order valence-corrected chi connectivity index (χ4v) is 4.51. The number of hydrogen-bond acceptors (Lipinski definition) is 11. The molecule has 0 bridgehead atoms. The van der Waals surface area contributed by atoms with Crippen molar-refractivity contribution in [1.29, 1.82) is 0 Å². The van der Waals surface area contributed by atoms with Crippen LogP contribution in [0.5, 0.6) is 5.75 Å². The number of carbonyl (C=O) groups is 4. The second-order valence-electron chi connectivity index (χ2n) is 8.92. The lowest BCUT2D eigenvalue weighted by Gasteiger charge is -2.35. The molecule has 0 aromatic heterocycles. The molecule has 1 aliphatic heterocycles. The van der Waals surface area contributed by atoms with Crippen molar-refractivity contribution in [2.24, 2.45) is 4.99 Å². The van der Waals surface area contributed by atoms with Gasteiger partial charge in [0.2, 0.25) is 0 Å². The Morgan fingerprint density at radius 1 is 0.846 bits per heavy atom. The molecule has 0 aliphatic carbocycles. The van der Waals surface area contributed by atoms with Crippen LogP contribution < -0.4 is 4.74 Å². The third kappa shape index (κ3) is 10.7. The number of thiocarbonyl (C=S) groups is 1. The minimum atomic E-state index is -1.23. The Morgan fingerprint density at radius 3 is 1.64 bits per heavy atom. The molecule has 39 heavy (non-hydrogen) atoms. The highest BCUT2D eigenvalue weighted by molar-refractivity contribution is 7.78. The molecule has 0 saturated carbocycles. The van der Waals surface area contributed by atoms with Gasteiger partial charge in [-0.25, -0.2) is 0 Å². The van der Waals surface area contributed by atoms with Crippen LogP contribution in [0.15, 0.2) is 23.2 Å². The predicted octanol–water partition coefficient (Wildman–Crippen LogP) is 0.0306. The minimum absolute atomic E-state index is 0.119. The van der Waals surface area contributed by atoms with E-state index in [1.807, 2.05) is 0 Å². The third-order valence-electron chi connectivity index (χ3n) is 6.23. The molecule has 1 atom stereocenters. The van der Waals surface area contributed by atoms with Crippen molar-refractivity contribution in [3.63, 3.8) is 0 Å². The van der Waals surface area contributed by atoms with Crippen LogP contribution in [0, 0.1) is 0 Å². The first-order valence-electron chi connectivity index (χ1n) is 12.1. The second kappa shape index (κ2) is 15.8. The molecule has 1 aromatic carbocycles. The summed E-state index contributed by atoms with van der Waals surface area (Å²) in [5.74, 6) is -4.10. The first-order chi connectivity index (χ1) is 18.5. The first kappa shape index (κ1) is 31.8. The van der Waals surface area contributed by atoms with Gasteiger partial charge in [0.05, 0.1) is 37.6 Å². The van der Waals surface area contributed by atoms with Gasteiger partial charge in [-0.3, -0.25) is 38.8 Å². The molecule has 0 amide bonds. The summed E-state index contributed by atoms with van der Waals surface area (Å²) in [7, 11) is 1.41. The number of aliphatic carboxylic acids is 4. The van der Waals surface area contributed by atoms with E-state index in [-0.39, 0.29) is 72.0 Å². The topological polar surface area (TPSA) is 184 Å². The molecular formula is C24H33N5O9S. The summed E-state index contributed by atoms with van der Waals surface area (Å²) in [5.41, 5.74) is 0.672. The molecule has 14 nitrogen and oxygen atoms in total.